The number of furan rings is 1. The highest BCUT2D eigenvalue weighted by Gasteiger charge is 2.13. The Bertz CT molecular complexity index is 897. The minimum absolute atomic E-state index is 0.273. The molecule has 0 radical (unpaired) electrons. The third kappa shape index (κ3) is 4.51. The molecule has 1 amide bonds. The van der Waals surface area contributed by atoms with Crippen LogP contribution in [0.15, 0.2) is 82.3 Å². The van der Waals surface area contributed by atoms with Crippen molar-refractivity contribution in [2.75, 3.05) is 0 Å². The maximum atomic E-state index is 12.2. The molecule has 0 spiro atoms. The normalized spacial score (nSPS) is 11.6. The molecule has 2 N–H and O–H groups in total. The van der Waals surface area contributed by atoms with E-state index in [0.29, 0.717) is 17.2 Å². The second kappa shape index (κ2) is 7.88. The highest BCUT2D eigenvalue weighted by Crippen LogP contribution is 2.02. The van der Waals surface area contributed by atoms with E-state index in [2.05, 4.69) is 15.5 Å². The van der Waals surface area contributed by atoms with E-state index < -0.39 is 0 Å². The topological polar surface area (TPSA) is 68.6 Å². The molecule has 0 atom stereocenters. The molecule has 1 heterocycles. The van der Waals surface area contributed by atoms with Crippen molar-refractivity contribution in [3.8, 4) is 0 Å². The zero-order valence-corrected chi connectivity index (χ0v) is 13.8. The molecule has 25 heavy (non-hydrogen) atoms. The maximum Gasteiger partial charge on any atom is 0.353 e. The number of carbonyl (C=O) groups is 1. The lowest BCUT2D eigenvalue weighted by atomic mass is 10.2. The third-order valence-corrected chi connectivity index (χ3v) is 3.46. The van der Waals surface area contributed by atoms with Crippen LogP contribution in [0.3, 0.4) is 0 Å². The number of hydrazone groups is 1. The summed E-state index contributed by atoms with van der Waals surface area (Å²) in [6.45, 7) is 1.88. The Labute approximate surface area is 145 Å². The minimum Gasteiger partial charge on any atom is -0.458 e. The van der Waals surface area contributed by atoms with Gasteiger partial charge in [-0.05, 0) is 43.3 Å². The summed E-state index contributed by atoms with van der Waals surface area (Å²) in [4.78, 5) is 15.3. The van der Waals surface area contributed by atoms with Crippen molar-refractivity contribution < 1.29 is 14.2 Å². The van der Waals surface area contributed by atoms with Crippen LogP contribution in [0.1, 0.15) is 27.4 Å². The van der Waals surface area contributed by atoms with E-state index in [0.717, 1.165) is 11.3 Å². The van der Waals surface area contributed by atoms with Gasteiger partial charge in [0.15, 0.2) is 5.76 Å². The summed E-state index contributed by atoms with van der Waals surface area (Å²) in [5.74, 6) is 1.74. The van der Waals surface area contributed by atoms with E-state index in [-0.39, 0.29) is 5.91 Å². The van der Waals surface area contributed by atoms with Gasteiger partial charge in [-0.2, -0.15) is 0 Å². The minimum atomic E-state index is -0.273. The fourth-order valence-corrected chi connectivity index (χ4v) is 2.21. The predicted octanol–water partition coefficient (Wildman–Crippen LogP) is 1.88. The molecule has 1 aromatic heterocycles. The van der Waals surface area contributed by atoms with Crippen molar-refractivity contribution in [2.24, 2.45) is 5.10 Å². The van der Waals surface area contributed by atoms with Crippen molar-refractivity contribution in [2.45, 2.75) is 6.92 Å². The summed E-state index contributed by atoms with van der Waals surface area (Å²) in [6, 6.07) is 22.2. The van der Waals surface area contributed by atoms with Gasteiger partial charge in [-0.1, -0.05) is 36.4 Å². The Morgan fingerprint density at radius 3 is 2.20 bits per heavy atom. The highest BCUT2D eigenvalue weighted by atomic mass is 16.3. The zero-order valence-electron chi connectivity index (χ0n) is 13.8. The third-order valence-electron chi connectivity index (χ3n) is 3.46. The number of amides is 1. The van der Waals surface area contributed by atoms with Crippen LogP contribution in [0.25, 0.3) is 0 Å². The first-order chi connectivity index (χ1) is 12.2. The number of hydrogen-bond acceptors (Lipinski definition) is 3. The van der Waals surface area contributed by atoms with Gasteiger partial charge in [0.2, 0.25) is 0 Å². The van der Waals surface area contributed by atoms with Crippen LogP contribution in [0.4, 0.5) is 0 Å². The number of aryl methyl sites for hydroxylation is 1. The number of benzene rings is 2. The lowest BCUT2D eigenvalue weighted by Crippen LogP contribution is -2.74. The molecule has 0 bridgehead atoms. The van der Waals surface area contributed by atoms with E-state index >= 15 is 0 Å². The standard InChI is InChI=1S/C20H17N3O2/c1-15-12-13-18(25-15)14-21-19(16-8-4-2-5-9-16)22-23-20(24)17-10-6-3-7-11-17/h2-14H,1H3,(H,23,24)/p+1. The summed E-state index contributed by atoms with van der Waals surface area (Å²) in [5.41, 5.74) is 3.96. The smallest absolute Gasteiger partial charge is 0.353 e. The molecule has 124 valence electrons. The second-order valence-electron chi connectivity index (χ2n) is 5.37. The first-order valence-electron chi connectivity index (χ1n) is 7.87. The summed E-state index contributed by atoms with van der Waals surface area (Å²) in [7, 11) is 0. The molecule has 0 aliphatic rings. The fourth-order valence-electron chi connectivity index (χ4n) is 2.21. The van der Waals surface area contributed by atoms with Crippen molar-refractivity contribution in [1.82, 2.24) is 5.43 Å². The first kappa shape index (κ1) is 16.4. The Balaban J connectivity index is 1.83. The molecule has 0 fully saturated rings. The Hall–Kier alpha value is -3.47. The Morgan fingerprint density at radius 1 is 0.960 bits per heavy atom. The summed E-state index contributed by atoms with van der Waals surface area (Å²) in [5, 5.41) is 4.23. The van der Waals surface area contributed by atoms with Gasteiger partial charge >= 0.3 is 5.84 Å². The van der Waals surface area contributed by atoms with E-state index in [1.165, 1.54) is 0 Å². The molecule has 0 saturated carbocycles. The molecule has 0 unspecified atom stereocenters. The molecule has 0 saturated heterocycles. The monoisotopic (exact) mass is 332 g/mol. The Kier molecular flexibility index (Phi) is 5.16. The maximum absolute atomic E-state index is 12.2. The lowest BCUT2D eigenvalue weighted by molar-refractivity contribution is -0.308. The zero-order chi connectivity index (χ0) is 17.5. The average Bonchev–Trinajstić information content (AvgIpc) is 3.08. The Morgan fingerprint density at radius 2 is 1.60 bits per heavy atom. The summed E-state index contributed by atoms with van der Waals surface area (Å²) < 4.78 is 5.50. The molecule has 2 aromatic carbocycles. The summed E-state index contributed by atoms with van der Waals surface area (Å²) in [6.07, 6.45) is 1.70. The van der Waals surface area contributed by atoms with Gasteiger partial charge in [-0.15, -0.1) is 5.43 Å². The van der Waals surface area contributed by atoms with Gasteiger partial charge in [0.25, 0.3) is 5.91 Å². The lowest BCUT2D eigenvalue weighted by Gasteiger charge is -1.97. The van der Waals surface area contributed by atoms with Gasteiger partial charge in [0, 0.05) is 5.56 Å². The molecule has 0 aliphatic heterocycles. The summed E-state index contributed by atoms with van der Waals surface area (Å²) >= 11 is 0. The van der Waals surface area contributed by atoms with E-state index in [4.69, 9.17) is 4.42 Å². The number of hydrogen-bond donors (Lipinski definition) is 2. The molecule has 3 rings (SSSR count). The second-order valence-corrected chi connectivity index (χ2v) is 5.37. The van der Waals surface area contributed by atoms with Crippen molar-refractivity contribution in [3.05, 3.63) is 95.4 Å². The van der Waals surface area contributed by atoms with E-state index in [9.17, 15) is 4.79 Å². The number of amidine groups is 1. The van der Waals surface area contributed by atoms with Crippen LogP contribution in [0.2, 0.25) is 0 Å². The van der Waals surface area contributed by atoms with Crippen molar-refractivity contribution >= 4 is 18.0 Å². The highest BCUT2D eigenvalue weighted by molar-refractivity contribution is 5.97. The molecular formula is C20H18N3O2+. The molecule has 5 nitrogen and oxygen atoms in total. The number of carbonyl (C=O) groups excluding carboxylic acids is 1. The number of rotatable bonds is 4. The predicted molar refractivity (Wildman–Crippen MR) is 96.5 cm³/mol. The van der Waals surface area contributed by atoms with Crippen LogP contribution < -0.4 is 10.4 Å². The number of nitrogens with zero attached hydrogens (tertiary/aromatic N) is 1. The van der Waals surface area contributed by atoms with Crippen LogP contribution in [-0.2, 0) is 0 Å². The van der Waals surface area contributed by atoms with Crippen LogP contribution in [0, 0.1) is 6.92 Å². The fraction of sp³-hybridized carbons (Fsp3) is 0.0500. The van der Waals surface area contributed by atoms with Gasteiger partial charge in [0.05, 0.1) is 10.7 Å². The quantitative estimate of drug-likeness (QED) is 0.435. The molecule has 5 heteroatoms. The average molecular weight is 332 g/mol. The first-order valence-corrected chi connectivity index (χ1v) is 7.87. The van der Waals surface area contributed by atoms with Crippen molar-refractivity contribution in [1.29, 1.82) is 0 Å². The van der Waals surface area contributed by atoms with E-state index in [1.54, 1.807) is 18.3 Å². The number of nitrogens with one attached hydrogen (secondary N) is 2. The van der Waals surface area contributed by atoms with Crippen LogP contribution in [-0.4, -0.2) is 18.0 Å². The SMILES string of the molecule is Cc1ccc(C=[NH+]C(=NNC(=O)c2ccccc2)c2ccccc2)o1. The molecule has 0 aliphatic carbocycles. The van der Waals surface area contributed by atoms with Gasteiger partial charge in [-0.3, -0.25) is 4.79 Å². The van der Waals surface area contributed by atoms with E-state index in [1.807, 2.05) is 67.6 Å². The molecule has 3 aromatic rings. The molecular weight excluding hydrogens is 314 g/mol. The van der Waals surface area contributed by atoms with Gasteiger partial charge < -0.3 is 4.42 Å². The largest absolute Gasteiger partial charge is 0.458 e. The van der Waals surface area contributed by atoms with Crippen LogP contribution >= 0.6 is 0 Å². The van der Waals surface area contributed by atoms with Gasteiger partial charge in [0.1, 0.15) is 12.0 Å². The van der Waals surface area contributed by atoms with Crippen molar-refractivity contribution in [3.63, 3.8) is 0 Å². The van der Waals surface area contributed by atoms with Gasteiger partial charge in [-0.25, -0.2) is 4.99 Å². The van der Waals surface area contributed by atoms with Crippen LogP contribution in [0.5, 0.6) is 0 Å².